The number of pyridine rings is 1. The van der Waals surface area contributed by atoms with Gasteiger partial charge in [0, 0.05) is 18.4 Å². The second-order valence-electron chi connectivity index (χ2n) is 8.54. The molecule has 2 atom stereocenters. The molecule has 3 aromatic rings. The van der Waals surface area contributed by atoms with Gasteiger partial charge in [-0.2, -0.15) is 18.2 Å². The van der Waals surface area contributed by atoms with Crippen LogP contribution in [0.3, 0.4) is 0 Å². The van der Waals surface area contributed by atoms with Gasteiger partial charge in [0.25, 0.3) is 0 Å². The minimum Gasteiger partial charge on any atom is -0.490 e. The Morgan fingerprint density at radius 2 is 1.95 bits per heavy atom. The molecule has 3 heterocycles. The van der Waals surface area contributed by atoms with Crippen molar-refractivity contribution in [1.29, 1.82) is 0 Å². The molecule has 2 aromatic carbocycles. The topological polar surface area (TPSA) is 82.2 Å². The smallest absolute Gasteiger partial charge is 0.490 e. The largest absolute Gasteiger partial charge is 0.493 e. The summed E-state index contributed by atoms with van der Waals surface area (Å²) in [6, 6.07) is 17.6. The molecule has 1 N–H and O–H groups in total. The van der Waals surface area contributed by atoms with Gasteiger partial charge in [-0.05, 0) is 48.7 Å². The number of nitrogens with zero attached hydrogens (tertiary/aromatic N) is 2. The first-order valence-corrected chi connectivity index (χ1v) is 11.7. The van der Waals surface area contributed by atoms with E-state index >= 15 is 0 Å². The molecule has 2 aliphatic heterocycles. The lowest BCUT2D eigenvalue weighted by atomic mass is 10.1. The van der Waals surface area contributed by atoms with Crippen molar-refractivity contribution in [1.82, 2.24) is 4.98 Å². The summed E-state index contributed by atoms with van der Waals surface area (Å²) >= 11 is 0. The summed E-state index contributed by atoms with van der Waals surface area (Å²) in [5, 5.41) is 3.89. The fourth-order valence-electron chi connectivity index (χ4n) is 4.12. The first kappa shape index (κ1) is 24.7. The number of hydroxylamine groups is 1. The zero-order valence-electron chi connectivity index (χ0n) is 19.6. The SMILES string of the molecule is O=C(ON1c2cccnc2NC1c1cc(OCc2ccccc2)ccc1OCC1CCCO1)C(F)(F)F. The van der Waals surface area contributed by atoms with Crippen molar-refractivity contribution < 1.29 is 37.0 Å². The number of rotatable bonds is 8. The maximum atomic E-state index is 13.1. The molecule has 0 amide bonds. The number of hydrogen-bond acceptors (Lipinski definition) is 8. The van der Waals surface area contributed by atoms with Gasteiger partial charge in [0.1, 0.15) is 30.4 Å². The molecule has 0 aliphatic carbocycles. The van der Waals surface area contributed by atoms with Crippen LogP contribution >= 0.6 is 0 Å². The Morgan fingerprint density at radius 1 is 1.11 bits per heavy atom. The van der Waals surface area contributed by atoms with E-state index in [0.717, 1.165) is 23.5 Å². The van der Waals surface area contributed by atoms with E-state index < -0.39 is 18.3 Å². The average molecular weight is 515 g/mol. The monoisotopic (exact) mass is 515 g/mol. The van der Waals surface area contributed by atoms with E-state index in [-0.39, 0.29) is 30.8 Å². The van der Waals surface area contributed by atoms with E-state index in [1.807, 2.05) is 30.3 Å². The highest BCUT2D eigenvalue weighted by atomic mass is 19.4. The molecule has 1 aromatic heterocycles. The van der Waals surface area contributed by atoms with Gasteiger partial charge < -0.3 is 24.4 Å². The third-order valence-corrected chi connectivity index (χ3v) is 5.92. The molecule has 2 unspecified atom stereocenters. The van der Waals surface area contributed by atoms with Crippen LogP contribution in [0.5, 0.6) is 11.5 Å². The molecular formula is C26H24F3N3O5. The molecule has 5 rings (SSSR count). The first-order chi connectivity index (χ1) is 17.9. The normalized spacial score (nSPS) is 18.7. The maximum absolute atomic E-state index is 13.1. The van der Waals surface area contributed by atoms with Crippen molar-refractivity contribution in [3.05, 3.63) is 78.0 Å². The van der Waals surface area contributed by atoms with Crippen LogP contribution in [0.1, 0.15) is 30.1 Å². The fourth-order valence-corrected chi connectivity index (χ4v) is 4.12. The zero-order valence-corrected chi connectivity index (χ0v) is 19.6. The van der Waals surface area contributed by atoms with Gasteiger partial charge in [-0.15, -0.1) is 0 Å². The molecule has 1 saturated heterocycles. The molecule has 2 aliphatic rings. The predicted molar refractivity (Wildman–Crippen MR) is 127 cm³/mol. The van der Waals surface area contributed by atoms with Crippen molar-refractivity contribution in [3.63, 3.8) is 0 Å². The van der Waals surface area contributed by atoms with Gasteiger partial charge >= 0.3 is 12.1 Å². The molecule has 194 valence electrons. The molecule has 0 radical (unpaired) electrons. The predicted octanol–water partition coefficient (Wildman–Crippen LogP) is 5.17. The number of ether oxygens (including phenoxy) is 3. The Kier molecular flexibility index (Phi) is 7.04. The quantitative estimate of drug-likeness (QED) is 0.440. The Morgan fingerprint density at radius 3 is 2.70 bits per heavy atom. The summed E-state index contributed by atoms with van der Waals surface area (Å²) in [7, 11) is 0. The summed E-state index contributed by atoms with van der Waals surface area (Å²) in [4.78, 5) is 20.8. The van der Waals surface area contributed by atoms with Crippen molar-refractivity contribution in [2.75, 3.05) is 23.6 Å². The number of fused-ring (bicyclic) bond motifs is 1. The molecule has 0 bridgehead atoms. The van der Waals surface area contributed by atoms with Crippen molar-refractivity contribution in [2.24, 2.45) is 0 Å². The number of halogens is 3. The average Bonchev–Trinajstić information content (AvgIpc) is 3.55. The molecule has 0 saturated carbocycles. The fraction of sp³-hybridized carbons (Fsp3) is 0.308. The third-order valence-electron chi connectivity index (χ3n) is 5.92. The molecule has 11 heteroatoms. The van der Waals surface area contributed by atoms with E-state index in [1.54, 1.807) is 18.2 Å². The molecular weight excluding hydrogens is 491 g/mol. The van der Waals surface area contributed by atoms with Crippen LogP contribution in [0, 0.1) is 0 Å². The van der Waals surface area contributed by atoms with Crippen LogP contribution < -0.4 is 19.9 Å². The van der Waals surface area contributed by atoms with Gasteiger partial charge in [0.05, 0.1) is 6.10 Å². The van der Waals surface area contributed by atoms with Crippen LogP contribution in [0.25, 0.3) is 0 Å². The zero-order chi connectivity index (χ0) is 25.8. The van der Waals surface area contributed by atoms with E-state index in [2.05, 4.69) is 10.3 Å². The minimum atomic E-state index is -5.19. The number of anilines is 2. The van der Waals surface area contributed by atoms with E-state index in [4.69, 9.17) is 19.0 Å². The lowest BCUT2D eigenvalue weighted by molar-refractivity contribution is -0.201. The van der Waals surface area contributed by atoms with Crippen LogP contribution in [0.4, 0.5) is 24.7 Å². The first-order valence-electron chi connectivity index (χ1n) is 11.7. The van der Waals surface area contributed by atoms with Crippen LogP contribution in [-0.4, -0.2) is 36.4 Å². The lowest BCUT2D eigenvalue weighted by Gasteiger charge is -2.27. The molecule has 8 nitrogen and oxygen atoms in total. The third kappa shape index (κ3) is 5.72. The number of hydrogen-bond donors (Lipinski definition) is 1. The Balaban J connectivity index is 1.46. The molecule has 37 heavy (non-hydrogen) atoms. The van der Waals surface area contributed by atoms with Gasteiger partial charge in [0.2, 0.25) is 0 Å². The number of carbonyl (C=O) groups is 1. The second kappa shape index (κ2) is 10.6. The van der Waals surface area contributed by atoms with E-state index in [0.29, 0.717) is 23.7 Å². The highest BCUT2D eigenvalue weighted by Gasteiger charge is 2.46. The standard InChI is InChI=1S/C26H24F3N3O5/c27-26(28,29)25(33)37-32-21-9-4-12-30-23(21)31-24(32)20-14-18(35-15-17-6-2-1-3-7-17)10-11-22(20)36-16-19-8-5-13-34-19/h1-4,6-7,9-12,14,19,24H,5,8,13,15-16H2,(H,30,31). The number of benzene rings is 2. The summed E-state index contributed by atoms with van der Waals surface area (Å²) in [6.07, 6.45) is -3.08. The number of nitrogens with one attached hydrogen (secondary N) is 1. The number of aromatic nitrogens is 1. The van der Waals surface area contributed by atoms with Gasteiger partial charge in [-0.25, -0.2) is 9.78 Å². The number of carbonyl (C=O) groups excluding carboxylic acids is 1. The Bertz CT molecular complexity index is 1240. The summed E-state index contributed by atoms with van der Waals surface area (Å²) in [5.74, 6) is -1.27. The highest BCUT2D eigenvalue weighted by molar-refractivity contribution is 5.80. The summed E-state index contributed by atoms with van der Waals surface area (Å²) < 4.78 is 56.9. The minimum absolute atomic E-state index is 0.0866. The van der Waals surface area contributed by atoms with Crippen molar-refractivity contribution >= 4 is 17.5 Å². The maximum Gasteiger partial charge on any atom is 0.493 e. The second-order valence-corrected chi connectivity index (χ2v) is 8.54. The van der Waals surface area contributed by atoms with Crippen molar-refractivity contribution in [2.45, 2.75) is 37.9 Å². The molecule has 0 spiro atoms. The Hall–Kier alpha value is -3.99. The highest BCUT2D eigenvalue weighted by Crippen LogP contribution is 2.44. The van der Waals surface area contributed by atoms with Crippen LogP contribution in [-0.2, 0) is 21.0 Å². The molecule has 1 fully saturated rings. The van der Waals surface area contributed by atoms with Crippen LogP contribution in [0.2, 0.25) is 0 Å². The van der Waals surface area contributed by atoms with Gasteiger partial charge in [-0.3, -0.25) is 0 Å². The van der Waals surface area contributed by atoms with E-state index in [9.17, 15) is 18.0 Å². The summed E-state index contributed by atoms with van der Waals surface area (Å²) in [5.41, 5.74) is 1.52. The number of alkyl halides is 3. The van der Waals surface area contributed by atoms with Crippen molar-refractivity contribution in [3.8, 4) is 11.5 Å². The van der Waals surface area contributed by atoms with Gasteiger partial charge in [-0.1, -0.05) is 30.3 Å². The van der Waals surface area contributed by atoms with E-state index in [1.165, 1.54) is 18.3 Å². The van der Waals surface area contributed by atoms with Crippen LogP contribution in [0.15, 0.2) is 66.9 Å². The van der Waals surface area contributed by atoms with Gasteiger partial charge in [0.15, 0.2) is 12.0 Å². The Labute approximate surface area is 210 Å². The summed E-state index contributed by atoms with van der Waals surface area (Å²) in [6.45, 7) is 1.19. The lowest BCUT2D eigenvalue weighted by Crippen LogP contribution is -2.37.